The summed E-state index contributed by atoms with van der Waals surface area (Å²) in [6.07, 6.45) is 2.01. The SMILES string of the molecule is CCCOc1nc(NC)nc(NC2CCN(C)CC2C)n1. The van der Waals surface area contributed by atoms with Crippen LogP contribution in [0.1, 0.15) is 26.7 Å². The molecule has 0 bridgehead atoms. The number of piperidine rings is 1. The Labute approximate surface area is 126 Å². The van der Waals surface area contributed by atoms with E-state index in [2.05, 4.69) is 51.4 Å². The summed E-state index contributed by atoms with van der Waals surface area (Å²) in [6, 6.07) is 0.756. The van der Waals surface area contributed by atoms with Crippen LogP contribution in [0.5, 0.6) is 6.01 Å². The zero-order chi connectivity index (χ0) is 15.2. The lowest BCUT2D eigenvalue weighted by Crippen LogP contribution is -2.43. The number of ether oxygens (including phenoxy) is 1. The molecule has 0 amide bonds. The van der Waals surface area contributed by atoms with Crippen molar-refractivity contribution in [2.24, 2.45) is 5.92 Å². The molecule has 0 radical (unpaired) electrons. The molecule has 1 saturated heterocycles. The number of nitrogens with zero attached hydrogens (tertiary/aromatic N) is 4. The van der Waals surface area contributed by atoms with Gasteiger partial charge in [-0.05, 0) is 32.4 Å². The predicted molar refractivity (Wildman–Crippen MR) is 83.8 cm³/mol. The molecular weight excluding hydrogens is 268 g/mol. The van der Waals surface area contributed by atoms with Gasteiger partial charge in [0, 0.05) is 19.6 Å². The van der Waals surface area contributed by atoms with Gasteiger partial charge in [0.05, 0.1) is 6.61 Å². The molecule has 1 aromatic rings. The zero-order valence-corrected chi connectivity index (χ0v) is 13.4. The van der Waals surface area contributed by atoms with E-state index in [1.54, 1.807) is 7.05 Å². The Morgan fingerprint density at radius 3 is 2.71 bits per heavy atom. The van der Waals surface area contributed by atoms with Crippen molar-refractivity contribution in [3.05, 3.63) is 0 Å². The third-order valence-corrected chi connectivity index (χ3v) is 3.70. The normalized spacial score (nSPS) is 22.9. The molecule has 1 aliphatic rings. The Hall–Kier alpha value is -1.63. The van der Waals surface area contributed by atoms with Gasteiger partial charge in [0.25, 0.3) is 0 Å². The van der Waals surface area contributed by atoms with Gasteiger partial charge in [0.1, 0.15) is 0 Å². The van der Waals surface area contributed by atoms with Gasteiger partial charge in [0.15, 0.2) is 0 Å². The summed E-state index contributed by atoms with van der Waals surface area (Å²) in [5, 5.41) is 6.38. The highest BCUT2D eigenvalue weighted by molar-refractivity contribution is 5.36. The summed E-state index contributed by atoms with van der Waals surface area (Å²) < 4.78 is 5.52. The summed E-state index contributed by atoms with van der Waals surface area (Å²) in [4.78, 5) is 15.3. The van der Waals surface area contributed by atoms with Crippen molar-refractivity contribution < 1.29 is 4.74 Å². The maximum absolute atomic E-state index is 5.52. The van der Waals surface area contributed by atoms with Crippen LogP contribution in [-0.4, -0.2) is 59.7 Å². The lowest BCUT2D eigenvalue weighted by Gasteiger charge is -2.35. The average Bonchev–Trinajstić information content (AvgIpc) is 2.48. The third-order valence-electron chi connectivity index (χ3n) is 3.70. The molecule has 0 aromatic carbocycles. The van der Waals surface area contributed by atoms with Crippen molar-refractivity contribution in [3.8, 4) is 6.01 Å². The topological polar surface area (TPSA) is 75.2 Å². The van der Waals surface area contributed by atoms with Crippen molar-refractivity contribution >= 4 is 11.9 Å². The summed E-state index contributed by atoms with van der Waals surface area (Å²) in [7, 11) is 3.95. The molecule has 0 aliphatic carbocycles. The van der Waals surface area contributed by atoms with Crippen molar-refractivity contribution in [2.45, 2.75) is 32.7 Å². The van der Waals surface area contributed by atoms with Gasteiger partial charge in [0.2, 0.25) is 11.9 Å². The number of anilines is 2. The summed E-state index contributed by atoms with van der Waals surface area (Å²) in [6.45, 7) is 7.09. The van der Waals surface area contributed by atoms with E-state index >= 15 is 0 Å². The first-order valence-corrected chi connectivity index (χ1v) is 7.64. The van der Waals surface area contributed by atoms with Crippen LogP contribution in [0.3, 0.4) is 0 Å². The fourth-order valence-electron chi connectivity index (χ4n) is 2.53. The summed E-state index contributed by atoms with van der Waals surface area (Å²) in [5.41, 5.74) is 0. The maximum Gasteiger partial charge on any atom is 0.323 e. The molecule has 2 rings (SSSR count). The Morgan fingerprint density at radius 2 is 2.05 bits per heavy atom. The molecule has 1 fully saturated rings. The molecule has 2 atom stereocenters. The highest BCUT2D eigenvalue weighted by Gasteiger charge is 2.25. The molecule has 0 spiro atoms. The minimum atomic E-state index is 0.374. The smallest absolute Gasteiger partial charge is 0.323 e. The predicted octanol–water partition coefficient (Wildman–Crippen LogP) is 1.45. The Morgan fingerprint density at radius 1 is 1.29 bits per heavy atom. The van der Waals surface area contributed by atoms with Gasteiger partial charge in [-0.3, -0.25) is 0 Å². The molecular formula is C14H26N6O. The van der Waals surface area contributed by atoms with Crippen molar-refractivity contribution in [1.82, 2.24) is 19.9 Å². The first-order valence-electron chi connectivity index (χ1n) is 7.64. The number of nitrogens with one attached hydrogen (secondary N) is 2. The third kappa shape index (κ3) is 4.42. The van der Waals surface area contributed by atoms with E-state index in [0.29, 0.717) is 36.5 Å². The van der Waals surface area contributed by atoms with Gasteiger partial charge in [-0.25, -0.2) is 0 Å². The number of aromatic nitrogens is 3. The second kappa shape index (κ2) is 7.40. The van der Waals surface area contributed by atoms with Gasteiger partial charge < -0.3 is 20.3 Å². The average molecular weight is 294 g/mol. The second-order valence-corrected chi connectivity index (χ2v) is 5.64. The van der Waals surface area contributed by atoms with Gasteiger partial charge in [-0.2, -0.15) is 15.0 Å². The maximum atomic E-state index is 5.52. The van der Waals surface area contributed by atoms with Gasteiger partial charge in [-0.1, -0.05) is 13.8 Å². The molecule has 2 heterocycles. The molecule has 118 valence electrons. The molecule has 7 nitrogen and oxygen atoms in total. The highest BCUT2D eigenvalue weighted by Crippen LogP contribution is 2.20. The molecule has 0 saturated carbocycles. The fraction of sp³-hybridized carbons (Fsp3) is 0.786. The molecule has 21 heavy (non-hydrogen) atoms. The molecule has 7 heteroatoms. The van der Waals surface area contributed by atoms with Crippen molar-refractivity contribution in [3.63, 3.8) is 0 Å². The Balaban J connectivity index is 2.07. The van der Waals surface area contributed by atoms with E-state index in [9.17, 15) is 0 Å². The number of rotatable bonds is 6. The fourth-order valence-corrected chi connectivity index (χ4v) is 2.53. The largest absolute Gasteiger partial charge is 0.463 e. The van der Waals surface area contributed by atoms with Crippen LogP contribution in [0.25, 0.3) is 0 Å². The molecule has 2 N–H and O–H groups in total. The van der Waals surface area contributed by atoms with Crippen LogP contribution in [0.4, 0.5) is 11.9 Å². The molecule has 2 unspecified atom stereocenters. The minimum absolute atomic E-state index is 0.374. The van der Waals surface area contributed by atoms with Crippen LogP contribution in [0.2, 0.25) is 0 Å². The van der Waals surface area contributed by atoms with E-state index in [-0.39, 0.29) is 0 Å². The van der Waals surface area contributed by atoms with Crippen LogP contribution in [-0.2, 0) is 0 Å². The first-order chi connectivity index (χ1) is 10.1. The molecule has 1 aromatic heterocycles. The minimum Gasteiger partial charge on any atom is -0.463 e. The van der Waals surface area contributed by atoms with Crippen LogP contribution in [0.15, 0.2) is 0 Å². The Bertz CT molecular complexity index is 455. The van der Waals surface area contributed by atoms with Crippen molar-refractivity contribution in [1.29, 1.82) is 0 Å². The lowest BCUT2D eigenvalue weighted by atomic mass is 9.94. The number of hydrogen-bond acceptors (Lipinski definition) is 7. The van der Waals surface area contributed by atoms with Gasteiger partial charge in [-0.15, -0.1) is 0 Å². The quantitative estimate of drug-likeness (QED) is 0.822. The second-order valence-electron chi connectivity index (χ2n) is 5.64. The Kier molecular flexibility index (Phi) is 5.55. The van der Waals surface area contributed by atoms with Gasteiger partial charge >= 0.3 is 6.01 Å². The van der Waals surface area contributed by atoms with E-state index in [1.165, 1.54) is 0 Å². The number of likely N-dealkylation sites (tertiary alicyclic amines) is 1. The highest BCUT2D eigenvalue weighted by atomic mass is 16.5. The lowest BCUT2D eigenvalue weighted by molar-refractivity contribution is 0.205. The van der Waals surface area contributed by atoms with E-state index < -0.39 is 0 Å². The van der Waals surface area contributed by atoms with Crippen LogP contribution in [0, 0.1) is 5.92 Å². The summed E-state index contributed by atoms with van der Waals surface area (Å²) >= 11 is 0. The van der Waals surface area contributed by atoms with Crippen LogP contribution >= 0.6 is 0 Å². The van der Waals surface area contributed by atoms with Crippen LogP contribution < -0.4 is 15.4 Å². The standard InChI is InChI=1S/C14H26N6O/c1-5-8-21-14-18-12(15-3)17-13(19-14)16-11-6-7-20(4)9-10(11)2/h10-11H,5-9H2,1-4H3,(H2,15,16,17,18,19). The van der Waals surface area contributed by atoms with E-state index in [1.807, 2.05) is 0 Å². The zero-order valence-electron chi connectivity index (χ0n) is 13.4. The van der Waals surface area contributed by atoms with E-state index in [4.69, 9.17) is 4.74 Å². The number of hydrogen-bond donors (Lipinski definition) is 2. The van der Waals surface area contributed by atoms with E-state index in [0.717, 1.165) is 25.9 Å². The first kappa shape index (κ1) is 15.8. The van der Waals surface area contributed by atoms with Crippen molar-refractivity contribution in [2.75, 3.05) is 44.4 Å². The molecule has 1 aliphatic heterocycles. The summed E-state index contributed by atoms with van der Waals surface area (Å²) in [5.74, 6) is 1.67. The monoisotopic (exact) mass is 294 g/mol.